The van der Waals surface area contributed by atoms with Gasteiger partial charge in [0.15, 0.2) is 5.78 Å². The van der Waals surface area contributed by atoms with Crippen molar-refractivity contribution in [3.8, 4) is 0 Å². The van der Waals surface area contributed by atoms with Gasteiger partial charge in [-0.15, -0.1) is 0 Å². The lowest BCUT2D eigenvalue weighted by Gasteiger charge is -2.14. The number of carbonyl (C=O) groups is 2. The Balaban J connectivity index is 1.79. The van der Waals surface area contributed by atoms with Gasteiger partial charge in [0.05, 0.1) is 27.6 Å². The fourth-order valence-corrected chi connectivity index (χ4v) is 4.35. The van der Waals surface area contributed by atoms with Crippen molar-refractivity contribution in [3.63, 3.8) is 0 Å². The van der Waals surface area contributed by atoms with Crippen LogP contribution in [-0.2, 0) is 21.3 Å². The van der Waals surface area contributed by atoms with Gasteiger partial charge in [-0.3, -0.25) is 9.00 Å². The molecule has 1 N–H and O–H groups in total. The molecule has 4 rings (SSSR count). The first-order chi connectivity index (χ1) is 15.0. The normalized spacial score (nSPS) is 13.1. The number of carbonyl (C=O) groups excluding carboxylic acids is 1. The fourth-order valence-electron chi connectivity index (χ4n) is 3.36. The Bertz CT molecular complexity index is 1290. The Kier molecular flexibility index (Phi) is 5.73. The number of carboxylic acid groups (broad SMARTS) is 1. The Labute approximate surface area is 180 Å². The number of hydrogen-bond acceptors (Lipinski definition) is 5. The quantitative estimate of drug-likeness (QED) is 0.447. The molecule has 2 unspecified atom stereocenters. The summed E-state index contributed by atoms with van der Waals surface area (Å²) >= 11 is 0. The molecule has 0 saturated carbocycles. The minimum absolute atomic E-state index is 0.00524. The Morgan fingerprint density at radius 2 is 1.77 bits per heavy atom. The number of carboxylic acids is 1. The van der Waals surface area contributed by atoms with E-state index in [-0.39, 0.29) is 11.5 Å². The highest BCUT2D eigenvalue weighted by Gasteiger charge is 2.23. The molecule has 2 aromatic carbocycles. The lowest BCUT2D eigenvalue weighted by Crippen LogP contribution is -2.19. The molecule has 4 aromatic rings. The number of aromatic nitrogens is 3. The molecule has 7 nitrogen and oxygen atoms in total. The number of hydrogen-bond donors (Lipinski definition) is 1. The molecular formula is C23H19N3O4S. The molecule has 0 aliphatic heterocycles. The van der Waals surface area contributed by atoms with Crippen molar-refractivity contribution >= 4 is 33.6 Å². The van der Waals surface area contributed by atoms with Crippen molar-refractivity contribution < 1.29 is 18.9 Å². The molecule has 2 heterocycles. The van der Waals surface area contributed by atoms with Crippen LogP contribution in [0.25, 0.3) is 11.0 Å². The van der Waals surface area contributed by atoms with Gasteiger partial charge in [0.25, 0.3) is 0 Å². The topological polar surface area (TPSA) is 102 Å². The maximum absolute atomic E-state index is 12.9. The second kappa shape index (κ2) is 8.61. The minimum Gasteiger partial charge on any atom is -0.480 e. The molecule has 0 aliphatic carbocycles. The Morgan fingerprint density at radius 1 is 1.03 bits per heavy atom. The van der Waals surface area contributed by atoms with Gasteiger partial charge in [-0.05, 0) is 37.3 Å². The molecule has 0 bridgehead atoms. The van der Waals surface area contributed by atoms with Gasteiger partial charge in [0, 0.05) is 17.3 Å². The minimum atomic E-state index is -1.50. The maximum atomic E-state index is 12.9. The summed E-state index contributed by atoms with van der Waals surface area (Å²) in [5.41, 5.74) is 2.00. The summed E-state index contributed by atoms with van der Waals surface area (Å²) in [6.45, 7) is 1.53. The van der Waals surface area contributed by atoms with Gasteiger partial charge in [-0.1, -0.05) is 36.4 Å². The van der Waals surface area contributed by atoms with Crippen LogP contribution in [0.5, 0.6) is 0 Å². The van der Waals surface area contributed by atoms with Crippen molar-refractivity contribution in [2.45, 2.75) is 23.7 Å². The van der Waals surface area contributed by atoms with Crippen LogP contribution in [0, 0.1) is 0 Å². The first kappa shape index (κ1) is 20.6. The van der Waals surface area contributed by atoms with E-state index < -0.39 is 22.8 Å². The van der Waals surface area contributed by atoms with Gasteiger partial charge in [0.1, 0.15) is 16.9 Å². The molecule has 2 aromatic heterocycles. The fraction of sp³-hybridized carbons (Fsp3) is 0.130. The monoisotopic (exact) mass is 433 g/mol. The van der Waals surface area contributed by atoms with Crippen LogP contribution in [0.1, 0.15) is 34.7 Å². The number of imidazole rings is 1. The third kappa shape index (κ3) is 4.15. The Hall–Kier alpha value is -3.65. The van der Waals surface area contributed by atoms with Crippen molar-refractivity contribution in [2.75, 3.05) is 0 Å². The van der Waals surface area contributed by atoms with Crippen LogP contribution >= 0.6 is 0 Å². The standard InChI is InChI=1S/C23H19N3O4S/c1-15(23(28)29)26-19-13-17(22(27)16-7-3-2-4-8-16)10-11-18(19)25-20(26)14-31(30)21-9-5-6-12-24-21/h2-13,15H,14H2,1H3,(H,28,29). The van der Waals surface area contributed by atoms with Gasteiger partial charge in [-0.25, -0.2) is 14.8 Å². The molecule has 2 atom stereocenters. The summed E-state index contributed by atoms with van der Waals surface area (Å²) < 4.78 is 14.3. The Morgan fingerprint density at radius 3 is 2.45 bits per heavy atom. The third-order valence-corrected chi connectivity index (χ3v) is 6.17. The number of rotatable bonds is 7. The molecule has 0 radical (unpaired) electrons. The zero-order valence-corrected chi connectivity index (χ0v) is 17.5. The number of fused-ring (bicyclic) bond motifs is 1. The molecule has 8 heteroatoms. The second-order valence-corrected chi connectivity index (χ2v) is 8.37. The maximum Gasteiger partial charge on any atom is 0.326 e. The zero-order valence-electron chi connectivity index (χ0n) is 16.6. The number of ketones is 1. The van der Waals surface area contributed by atoms with E-state index in [0.29, 0.717) is 33.0 Å². The van der Waals surface area contributed by atoms with Crippen LogP contribution in [0.3, 0.4) is 0 Å². The van der Waals surface area contributed by atoms with E-state index in [2.05, 4.69) is 9.97 Å². The van der Waals surface area contributed by atoms with Crippen LogP contribution in [0.2, 0.25) is 0 Å². The van der Waals surface area contributed by atoms with E-state index in [1.807, 2.05) is 6.07 Å². The van der Waals surface area contributed by atoms with Gasteiger partial charge < -0.3 is 9.67 Å². The van der Waals surface area contributed by atoms with E-state index in [9.17, 15) is 18.9 Å². The molecular weight excluding hydrogens is 414 g/mol. The molecule has 0 amide bonds. The zero-order chi connectivity index (χ0) is 22.0. The van der Waals surface area contributed by atoms with E-state index >= 15 is 0 Å². The molecule has 0 fully saturated rings. The van der Waals surface area contributed by atoms with Gasteiger partial charge in [-0.2, -0.15) is 0 Å². The van der Waals surface area contributed by atoms with Crippen molar-refractivity contribution in [2.24, 2.45) is 0 Å². The third-order valence-electron chi connectivity index (χ3n) is 4.94. The summed E-state index contributed by atoms with van der Waals surface area (Å²) in [6, 6.07) is 18.0. The summed E-state index contributed by atoms with van der Waals surface area (Å²) in [7, 11) is -1.50. The highest BCUT2D eigenvalue weighted by Crippen LogP contribution is 2.25. The van der Waals surface area contributed by atoms with Crippen LogP contribution in [0.15, 0.2) is 78.0 Å². The van der Waals surface area contributed by atoms with E-state index in [0.717, 1.165) is 0 Å². The molecule has 156 valence electrons. The summed E-state index contributed by atoms with van der Waals surface area (Å²) in [6.07, 6.45) is 1.55. The predicted molar refractivity (Wildman–Crippen MR) is 116 cm³/mol. The highest BCUT2D eigenvalue weighted by atomic mass is 32.2. The molecule has 31 heavy (non-hydrogen) atoms. The average Bonchev–Trinajstić information content (AvgIpc) is 3.15. The SMILES string of the molecule is CC(C(=O)O)n1c(CS(=O)c2ccccn2)nc2ccc(C(=O)c3ccccc3)cc21. The summed E-state index contributed by atoms with van der Waals surface area (Å²) in [5, 5.41) is 10.0. The van der Waals surface area contributed by atoms with Gasteiger partial charge in [0.2, 0.25) is 0 Å². The first-order valence-corrected chi connectivity index (χ1v) is 10.9. The van der Waals surface area contributed by atoms with Crippen LogP contribution in [-0.4, -0.2) is 35.6 Å². The van der Waals surface area contributed by atoms with E-state index in [4.69, 9.17) is 0 Å². The number of benzene rings is 2. The van der Waals surface area contributed by atoms with E-state index in [1.165, 1.54) is 11.5 Å². The predicted octanol–water partition coefficient (Wildman–Crippen LogP) is 3.62. The van der Waals surface area contributed by atoms with E-state index in [1.54, 1.807) is 66.9 Å². The van der Waals surface area contributed by atoms with Crippen molar-refractivity contribution in [1.82, 2.24) is 14.5 Å². The molecule has 0 spiro atoms. The number of nitrogens with zero attached hydrogens (tertiary/aromatic N) is 3. The lowest BCUT2D eigenvalue weighted by molar-refractivity contribution is -0.140. The van der Waals surface area contributed by atoms with Gasteiger partial charge >= 0.3 is 5.97 Å². The van der Waals surface area contributed by atoms with Crippen molar-refractivity contribution in [1.29, 1.82) is 0 Å². The average molecular weight is 433 g/mol. The largest absolute Gasteiger partial charge is 0.480 e. The smallest absolute Gasteiger partial charge is 0.326 e. The van der Waals surface area contributed by atoms with Crippen LogP contribution in [0.4, 0.5) is 0 Å². The summed E-state index contributed by atoms with van der Waals surface area (Å²) in [5.74, 6) is -0.857. The lowest BCUT2D eigenvalue weighted by atomic mass is 10.0. The molecule has 0 saturated heterocycles. The van der Waals surface area contributed by atoms with Crippen molar-refractivity contribution in [3.05, 3.63) is 89.9 Å². The summed E-state index contributed by atoms with van der Waals surface area (Å²) in [4.78, 5) is 33.3. The number of aliphatic carboxylic acids is 1. The first-order valence-electron chi connectivity index (χ1n) is 9.58. The highest BCUT2D eigenvalue weighted by molar-refractivity contribution is 7.84. The van der Waals surface area contributed by atoms with Crippen LogP contribution < -0.4 is 0 Å². The molecule has 0 aliphatic rings. The number of pyridine rings is 1. The second-order valence-electron chi connectivity index (χ2n) is 6.97.